The van der Waals surface area contributed by atoms with Gasteiger partial charge in [-0.05, 0) is 97.4 Å². The molecule has 1 amide bonds. The molecule has 0 saturated carbocycles. The monoisotopic (exact) mass is 669 g/mol. The minimum Gasteiger partial charge on any atom is -0.493 e. The smallest absolute Gasteiger partial charge is 0.251 e. The van der Waals surface area contributed by atoms with E-state index in [0.717, 1.165) is 52.7 Å². The van der Waals surface area contributed by atoms with E-state index in [1.807, 2.05) is 71.5 Å². The summed E-state index contributed by atoms with van der Waals surface area (Å²) in [6, 6.07) is 25.1. The first kappa shape index (κ1) is 32.5. The summed E-state index contributed by atoms with van der Waals surface area (Å²) in [6.45, 7) is 2.73. The highest BCUT2D eigenvalue weighted by molar-refractivity contribution is 7.98. The molecule has 244 valence electrons. The van der Waals surface area contributed by atoms with Crippen molar-refractivity contribution in [3.05, 3.63) is 106 Å². The van der Waals surface area contributed by atoms with Crippen LogP contribution in [0.5, 0.6) is 11.5 Å². The summed E-state index contributed by atoms with van der Waals surface area (Å²) in [6.07, 6.45) is 3.73. The van der Waals surface area contributed by atoms with Gasteiger partial charge in [-0.25, -0.2) is 0 Å². The standard InChI is InChI=1S/C36H39N5O4S2/c1-44-32-13-10-23(17-33(32)45-2)14-15-37-35(43)25-11-12-31(29(18-25)39-36(46)38-27-6-4-7-28(19-27)47-3)40-20-24-16-26(22-40)30-8-5-9-34(42)41(30)21-24/h4-13,17-19,24,26H,14-16,20-22H2,1-3H3,(H,37,43)(H2,38,39,46)/t24-,26+/m1/s1. The number of hydrogen-bond donors (Lipinski definition) is 3. The van der Waals surface area contributed by atoms with Crippen molar-refractivity contribution < 1.29 is 14.3 Å². The number of thiocarbonyl (C=S) groups is 1. The van der Waals surface area contributed by atoms with Gasteiger partial charge in [-0.1, -0.05) is 18.2 Å². The Kier molecular flexibility index (Phi) is 10.0. The molecule has 1 aromatic heterocycles. The number of fused-ring (bicyclic) bond motifs is 4. The number of nitrogens with one attached hydrogen (secondary N) is 3. The molecule has 1 saturated heterocycles. The Morgan fingerprint density at radius 3 is 2.57 bits per heavy atom. The Hall–Kier alpha value is -4.48. The Labute approximate surface area is 284 Å². The highest BCUT2D eigenvalue weighted by Gasteiger charge is 2.35. The highest BCUT2D eigenvalue weighted by Crippen LogP contribution is 2.39. The van der Waals surface area contributed by atoms with Gasteiger partial charge in [0.25, 0.3) is 11.5 Å². The number of piperidine rings is 1. The van der Waals surface area contributed by atoms with Gasteiger partial charge in [0.05, 0.1) is 25.6 Å². The van der Waals surface area contributed by atoms with Crippen molar-refractivity contribution in [1.82, 2.24) is 9.88 Å². The largest absolute Gasteiger partial charge is 0.493 e. The highest BCUT2D eigenvalue weighted by atomic mass is 32.2. The number of anilines is 3. The zero-order valence-corrected chi connectivity index (χ0v) is 28.4. The van der Waals surface area contributed by atoms with Crippen LogP contribution in [0.15, 0.2) is 88.6 Å². The van der Waals surface area contributed by atoms with Crippen LogP contribution in [0, 0.1) is 5.92 Å². The molecule has 1 fully saturated rings. The van der Waals surface area contributed by atoms with Gasteiger partial charge < -0.3 is 34.9 Å². The normalized spacial score (nSPS) is 16.5. The Morgan fingerprint density at radius 1 is 0.936 bits per heavy atom. The molecule has 0 spiro atoms. The average Bonchev–Trinajstić information content (AvgIpc) is 3.08. The van der Waals surface area contributed by atoms with Gasteiger partial charge in [0.1, 0.15) is 0 Å². The lowest BCUT2D eigenvalue weighted by molar-refractivity contribution is 0.0954. The van der Waals surface area contributed by atoms with Crippen LogP contribution in [0.25, 0.3) is 0 Å². The van der Waals surface area contributed by atoms with E-state index in [2.05, 4.69) is 33.0 Å². The van der Waals surface area contributed by atoms with E-state index in [0.29, 0.717) is 47.6 Å². The van der Waals surface area contributed by atoms with Gasteiger partial charge in [0.2, 0.25) is 0 Å². The third-order valence-electron chi connectivity index (χ3n) is 8.80. The molecule has 2 aliphatic heterocycles. The number of benzene rings is 3. The molecule has 3 N–H and O–H groups in total. The van der Waals surface area contributed by atoms with Gasteiger partial charge >= 0.3 is 0 Å². The predicted octanol–water partition coefficient (Wildman–Crippen LogP) is 5.99. The van der Waals surface area contributed by atoms with Crippen LogP contribution in [0.3, 0.4) is 0 Å². The number of pyridine rings is 1. The van der Waals surface area contributed by atoms with Gasteiger partial charge in [0, 0.05) is 60.0 Å². The number of ether oxygens (including phenoxy) is 2. The van der Waals surface area contributed by atoms with Crippen molar-refractivity contribution in [2.75, 3.05) is 55.6 Å². The zero-order chi connectivity index (χ0) is 32.9. The molecular formula is C36H39N5O4S2. The number of amides is 1. The zero-order valence-electron chi connectivity index (χ0n) is 26.7. The van der Waals surface area contributed by atoms with E-state index < -0.39 is 0 Å². The summed E-state index contributed by atoms with van der Waals surface area (Å²) in [5.74, 6) is 1.73. The van der Waals surface area contributed by atoms with Gasteiger partial charge in [-0.3, -0.25) is 9.59 Å². The molecular weight excluding hydrogens is 631 g/mol. The molecule has 3 aromatic carbocycles. The first-order valence-corrected chi connectivity index (χ1v) is 17.3. The van der Waals surface area contributed by atoms with Crippen molar-refractivity contribution in [1.29, 1.82) is 0 Å². The lowest BCUT2D eigenvalue weighted by atomic mass is 9.83. The van der Waals surface area contributed by atoms with E-state index in [1.165, 1.54) is 0 Å². The molecule has 0 radical (unpaired) electrons. The van der Waals surface area contributed by atoms with Crippen molar-refractivity contribution >= 4 is 52.1 Å². The fourth-order valence-electron chi connectivity index (χ4n) is 6.59. The minimum absolute atomic E-state index is 0.0662. The van der Waals surface area contributed by atoms with Crippen LogP contribution in [0.2, 0.25) is 0 Å². The Balaban J connectivity index is 1.22. The summed E-state index contributed by atoms with van der Waals surface area (Å²) in [5.41, 5.74) is 5.32. The molecule has 9 nitrogen and oxygen atoms in total. The first-order chi connectivity index (χ1) is 22.8. The third kappa shape index (κ3) is 7.41. The Morgan fingerprint density at radius 2 is 1.77 bits per heavy atom. The summed E-state index contributed by atoms with van der Waals surface area (Å²) in [4.78, 5) is 29.5. The van der Waals surface area contributed by atoms with E-state index in [1.54, 1.807) is 32.0 Å². The summed E-state index contributed by atoms with van der Waals surface area (Å²) >= 11 is 7.44. The van der Waals surface area contributed by atoms with E-state index in [9.17, 15) is 9.59 Å². The number of rotatable bonds is 10. The Bertz CT molecular complexity index is 1840. The second kappa shape index (κ2) is 14.5. The number of carbonyl (C=O) groups is 1. The number of nitrogens with zero attached hydrogens (tertiary/aromatic N) is 2. The van der Waals surface area contributed by atoms with Crippen molar-refractivity contribution in [2.45, 2.75) is 30.2 Å². The maximum absolute atomic E-state index is 13.4. The fraction of sp³-hybridized carbons (Fsp3) is 0.306. The molecule has 0 aliphatic carbocycles. The molecule has 11 heteroatoms. The van der Waals surface area contributed by atoms with E-state index in [-0.39, 0.29) is 17.4 Å². The number of methoxy groups -OCH3 is 2. The summed E-state index contributed by atoms with van der Waals surface area (Å²) in [7, 11) is 3.22. The molecule has 0 unspecified atom stereocenters. The summed E-state index contributed by atoms with van der Waals surface area (Å²) < 4.78 is 12.7. The maximum atomic E-state index is 13.4. The quantitative estimate of drug-likeness (QED) is 0.139. The van der Waals surface area contributed by atoms with Crippen molar-refractivity contribution in [3.63, 3.8) is 0 Å². The van der Waals surface area contributed by atoms with Crippen molar-refractivity contribution in [3.8, 4) is 11.5 Å². The van der Waals surface area contributed by atoms with Gasteiger partial charge in [-0.2, -0.15) is 0 Å². The number of carbonyl (C=O) groups excluding carboxylic acids is 1. The minimum atomic E-state index is -0.171. The number of aromatic nitrogens is 1. The lowest BCUT2D eigenvalue weighted by Crippen LogP contribution is -2.47. The SMILES string of the molecule is COc1ccc(CCNC(=O)c2ccc(N3C[C@H]4C[C@@H](C3)c3cccc(=O)n3C4)c(NC(=S)Nc3cccc(SC)c3)c2)cc1OC. The molecule has 3 heterocycles. The van der Waals surface area contributed by atoms with Crippen LogP contribution in [0.4, 0.5) is 17.1 Å². The second-order valence-electron chi connectivity index (χ2n) is 11.8. The second-order valence-corrected chi connectivity index (χ2v) is 13.1. The predicted molar refractivity (Wildman–Crippen MR) is 194 cm³/mol. The number of hydrogen-bond acceptors (Lipinski definition) is 7. The van der Waals surface area contributed by atoms with Gasteiger partial charge in [0.15, 0.2) is 16.6 Å². The number of thioether (sulfide) groups is 1. The maximum Gasteiger partial charge on any atom is 0.251 e. The van der Waals surface area contributed by atoms with E-state index >= 15 is 0 Å². The topological polar surface area (TPSA) is 96.9 Å². The third-order valence-corrected chi connectivity index (χ3v) is 9.73. The fourth-order valence-corrected chi connectivity index (χ4v) is 7.28. The average molecular weight is 670 g/mol. The van der Waals surface area contributed by atoms with Crippen LogP contribution in [0.1, 0.15) is 34.0 Å². The molecule has 2 bridgehead atoms. The lowest BCUT2D eigenvalue weighted by Gasteiger charge is -2.44. The molecule has 47 heavy (non-hydrogen) atoms. The van der Waals surface area contributed by atoms with Gasteiger partial charge in [-0.15, -0.1) is 11.8 Å². The first-order valence-electron chi connectivity index (χ1n) is 15.6. The molecule has 6 rings (SSSR count). The molecule has 4 aromatic rings. The van der Waals surface area contributed by atoms with Crippen LogP contribution in [-0.4, -0.2) is 55.7 Å². The van der Waals surface area contributed by atoms with E-state index in [4.69, 9.17) is 21.7 Å². The molecule has 2 aliphatic rings. The molecule has 2 atom stereocenters. The van der Waals surface area contributed by atoms with Crippen molar-refractivity contribution in [2.24, 2.45) is 5.92 Å². The van der Waals surface area contributed by atoms with Crippen LogP contribution in [-0.2, 0) is 13.0 Å². The summed E-state index contributed by atoms with van der Waals surface area (Å²) in [5, 5.41) is 10.2. The van der Waals surface area contributed by atoms with Crippen LogP contribution >= 0.6 is 24.0 Å². The van der Waals surface area contributed by atoms with Crippen LogP contribution < -0.4 is 35.9 Å².